The average Bonchev–Trinajstić information content (AvgIpc) is 3.70. The molecule has 73 heavy (non-hydrogen) atoms. The summed E-state index contributed by atoms with van der Waals surface area (Å²) in [6.45, 7) is 4.81. The van der Waals surface area contributed by atoms with Crippen LogP contribution in [0.15, 0.2) is 249 Å². The first-order valence-corrected chi connectivity index (χ1v) is 26.3. The molecule has 1 fully saturated rings. The van der Waals surface area contributed by atoms with E-state index in [1.54, 1.807) is 0 Å². The van der Waals surface area contributed by atoms with Crippen molar-refractivity contribution in [1.82, 2.24) is 0 Å². The summed E-state index contributed by atoms with van der Waals surface area (Å²) in [5, 5.41) is 4.88. The highest BCUT2D eigenvalue weighted by Crippen LogP contribution is 2.54. The van der Waals surface area contributed by atoms with Crippen LogP contribution < -0.4 is 9.80 Å². The normalized spacial score (nSPS) is 13.9. The number of benzene rings is 11. The first kappa shape index (κ1) is 44.5. The molecule has 0 atom stereocenters. The van der Waals surface area contributed by atoms with Crippen LogP contribution in [0.1, 0.15) is 68.6 Å². The standard InChI is InChI=1S/C71H58N2/c1-71(2)67-33-19-32-64(52-23-9-4-10-24-52)70(67)66-43-41-60(48-68(66)71)73(58-38-34-51(35-39-58)49-20-7-3-8-21-49)62-46-56(65-42-37-53-25-17-18-31-63(53)69(65)54-26-11-5-12-27-54)45-61(47-62)72(57-29-13-6-14-30-57)59-40-36-50-22-15-16-28-55(50)44-59/h4-6,9-19,22-49H,3,7-8,20-21H2,1-2H3. The van der Waals surface area contributed by atoms with Gasteiger partial charge in [0.05, 0.1) is 0 Å². The van der Waals surface area contributed by atoms with Crippen LogP contribution in [0.3, 0.4) is 0 Å². The zero-order chi connectivity index (χ0) is 48.9. The molecule has 0 unspecified atom stereocenters. The molecule has 0 aliphatic heterocycles. The first-order chi connectivity index (χ1) is 36.0. The van der Waals surface area contributed by atoms with Gasteiger partial charge in [-0.3, -0.25) is 0 Å². The molecule has 0 heterocycles. The summed E-state index contributed by atoms with van der Waals surface area (Å²) < 4.78 is 0. The van der Waals surface area contributed by atoms with E-state index in [1.807, 2.05) is 0 Å². The Morgan fingerprint density at radius 3 is 1.60 bits per heavy atom. The van der Waals surface area contributed by atoms with Crippen molar-refractivity contribution >= 4 is 55.7 Å². The number of fused-ring (bicyclic) bond motifs is 5. The molecule has 2 heteroatoms. The largest absolute Gasteiger partial charge is 0.310 e. The van der Waals surface area contributed by atoms with Crippen molar-refractivity contribution in [1.29, 1.82) is 0 Å². The topological polar surface area (TPSA) is 6.48 Å². The Hall–Kier alpha value is -8.46. The van der Waals surface area contributed by atoms with E-state index in [4.69, 9.17) is 0 Å². The van der Waals surface area contributed by atoms with E-state index in [0.29, 0.717) is 5.92 Å². The summed E-state index contributed by atoms with van der Waals surface area (Å²) >= 11 is 0. The number of hydrogen-bond acceptors (Lipinski definition) is 2. The van der Waals surface area contributed by atoms with Crippen LogP contribution in [0.4, 0.5) is 34.1 Å². The maximum Gasteiger partial charge on any atom is 0.0488 e. The number of anilines is 6. The van der Waals surface area contributed by atoms with E-state index in [0.717, 1.165) is 39.7 Å². The maximum absolute atomic E-state index is 2.53. The smallest absolute Gasteiger partial charge is 0.0488 e. The highest BCUT2D eigenvalue weighted by atomic mass is 15.2. The minimum atomic E-state index is -0.231. The predicted molar refractivity (Wildman–Crippen MR) is 311 cm³/mol. The quantitative estimate of drug-likeness (QED) is 0.135. The highest BCUT2D eigenvalue weighted by Gasteiger charge is 2.38. The average molecular weight is 939 g/mol. The van der Waals surface area contributed by atoms with Gasteiger partial charge < -0.3 is 9.80 Å². The van der Waals surface area contributed by atoms with Crippen molar-refractivity contribution in [3.63, 3.8) is 0 Å². The van der Waals surface area contributed by atoms with Gasteiger partial charge in [-0.15, -0.1) is 0 Å². The van der Waals surface area contributed by atoms with Crippen LogP contribution >= 0.6 is 0 Å². The molecule has 352 valence electrons. The third-order valence-corrected chi connectivity index (χ3v) is 16.0. The van der Waals surface area contributed by atoms with Gasteiger partial charge in [-0.1, -0.05) is 215 Å². The Balaban J connectivity index is 1.08. The fourth-order valence-electron chi connectivity index (χ4n) is 12.3. The lowest BCUT2D eigenvalue weighted by Gasteiger charge is -2.32. The molecule has 0 saturated heterocycles. The third kappa shape index (κ3) is 8.08. The van der Waals surface area contributed by atoms with Crippen LogP contribution in [-0.2, 0) is 5.41 Å². The van der Waals surface area contributed by atoms with Crippen molar-refractivity contribution in [3.8, 4) is 44.5 Å². The maximum atomic E-state index is 2.53. The second-order valence-corrected chi connectivity index (χ2v) is 20.7. The van der Waals surface area contributed by atoms with E-state index in [9.17, 15) is 0 Å². The Bertz CT molecular complexity index is 3790. The Morgan fingerprint density at radius 1 is 0.329 bits per heavy atom. The van der Waals surface area contributed by atoms with Crippen molar-refractivity contribution in [2.75, 3.05) is 9.80 Å². The predicted octanol–water partition coefficient (Wildman–Crippen LogP) is 20.3. The van der Waals surface area contributed by atoms with Crippen molar-refractivity contribution in [2.45, 2.75) is 57.3 Å². The zero-order valence-corrected chi connectivity index (χ0v) is 41.7. The SMILES string of the molecule is CC1(C)c2cc(N(c3ccc(C4CCCCC4)cc3)c3cc(-c4ccc5ccccc5c4-c4ccccc4)cc(N(c4ccccc4)c4ccc5ccccc5c4)c3)ccc2-c2c(-c3ccccc3)cccc21. The summed E-state index contributed by atoms with van der Waals surface area (Å²) in [5.41, 5.74) is 20.5. The highest BCUT2D eigenvalue weighted by molar-refractivity contribution is 6.05. The molecule has 13 rings (SSSR count). The van der Waals surface area contributed by atoms with E-state index >= 15 is 0 Å². The summed E-state index contributed by atoms with van der Waals surface area (Å²) in [5.74, 6) is 0.606. The van der Waals surface area contributed by atoms with Gasteiger partial charge >= 0.3 is 0 Å². The van der Waals surface area contributed by atoms with Gasteiger partial charge in [0.15, 0.2) is 0 Å². The Kier molecular flexibility index (Phi) is 11.3. The van der Waals surface area contributed by atoms with Crippen LogP contribution in [0, 0.1) is 0 Å². The lowest BCUT2D eigenvalue weighted by molar-refractivity contribution is 0.443. The van der Waals surface area contributed by atoms with E-state index in [-0.39, 0.29) is 5.41 Å². The fraction of sp³-hybridized carbons (Fsp3) is 0.127. The van der Waals surface area contributed by atoms with Gasteiger partial charge in [-0.2, -0.15) is 0 Å². The van der Waals surface area contributed by atoms with Gasteiger partial charge in [0, 0.05) is 39.5 Å². The lowest BCUT2D eigenvalue weighted by Crippen LogP contribution is -2.17. The Labute approximate surface area is 430 Å². The monoisotopic (exact) mass is 938 g/mol. The zero-order valence-electron chi connectivity index (χ0n) is 41.7. The molecule has 0 aromatic heterocycles. The second-order valence-electron chi connectivity index (χ2n) is 20.7. The molecule has 0 spiro atoms. The molecule has 11 aromatic carbocycles. The molecule has 2 aliphatic rings. The molecule has 0 N–H and O–H groups in total. The van der Waals surface area contributed by atoms with Gasteiger partial charge in [-0.25, -0.2) is 0 Å². The number of para-hydroxylation sites is 1. The molecule has 0 bridgehead atoms. The summed E-state index contributed by atoms with van der Waals surface area (Å²) in [4.78, 5) is 4.97. The van der Waals surface area contributed by atoms with Crippen LogP contribution in [-0.4, -0.2) is 0 Å². The molecule has 0 amide bonds. The summed E-state index contributed by atoms with van der Waals surface area (Å²) in [6.07, 6.45) is 6.48. The van der Waals surface area contributed by atoms with Gasteiger partial charge in [0.1, 0.15) is 0 Å². The molecule has 2 nitrogen and oxygen atoms in total. The molecule has 2 aliphatic carbocycles. The third-order valence-electron chi connectivity index (χ3n) is 16.0. The van der Waals surface area contributed by atoms with Crippen LogP contribution in [0.25, 0.3) is 66.1 Å². The minimum absolute atomic E-state index is 0.231. The molecule has 0 radical (unpaired) electrons. The summed E-state index contributed by atoms with van der Waals surface area (Å²) in [6, 6.07) is 92.8. The van der Waals surface area contributed by atoms with Crippen molar-refractivity contribution in [3.05, 3.63) is 265 Å². The van der Waals surface area contributed by atoms with Gasteiger partial charge in [0.25, 0.3) is 0 Å². The molecule has 11 aromatic rings. The summed E-state index contributed by atoms with van der Waals surface area (Å²) in [7, 11) is 0. The second kappa shape index (κ2) is 18.6. The van der Waals surface area contributed by atoms with Gasteiger partial charge in [0.2, 0.25) is 0 Å². The van der Waals surface area contributed by atoms with Crippen molar-refractivity contribution in [2.24, 2.45) is 0 Å². The number of nitrogens with zero attached hydrogens (tertiary/aromatic N) is 2. The van der Waals surface area contributed by atoms with Crippen molar-refractivity contribution < 1.29 is 0 Å². The number of rotatable bonds is 10. The molecular formula is C71H58N2. The minimum Gasteiger partial charge on any atom is -0.310 e. The Morgan fingerprint density at radius 2 is 0.877 bits per heavy atom. The fourth-order valence-corrected chi connectivity index (χ4v) is 12.3. The lowest BCUT2D eigenvalue weighted by atomic mass is 9.81. The molecular weight excluding hydrogens is 881 g/mol. The van der Waals surface area contributed by atoms with E-state index in [2.05, 4.69) is 272 Å². The molecule has 1 saturated carbocycles. The van der Waals surface area contributed by atoms with Crippen LogP contribution in [0.5, 0.6) is 0 Å². The van der Waals surface area contributed by atoms with Gasteiger partial charge in [-0.05, 0) is 168 Å². The first-order valence-electron chi connectivity index (χ1n) is 26.3. The number of hydrogen-bond donors (Lipinski definition) is 0. The van der Waals surface area contributed by atoms with Crippen LogP contribution in [0.2, 0.25) is 0 Å². The van der Waals surface area contributed by atoms with E-state index in [1.165, 1.54) is 109 Å². The van der Waals surface area contributed by atoms with E-state index < -0.39 is 0 Å².